The zero-order valence-corrected chi connectivity index (χ0v) is 12.5. The van der Waals surface area contributed by atoms with Crippen molar-refractivity contribution in [2.75, 3.05) is 6.61 Å². The number of amides is 2. The third-order valence-electron chi connectivity index (χ3n) is 3.73. The first-order valence-electron chi connectivity index (χ1n) is 7.52. The molecule has 0 atom stereocenters. The summed E-state index contributed by atoms with van der Waals surface area (Å²) in [5.74, 6) is -1.09. The van der Waals surface area contributed by atoms with E-state index in [4.69, 9.17) is 4.84 Å². The van der Waals surface area contributed by atoms with E-state index in [-0.39, 0.29) is 12.4 Å². The Morgan fingerprint density at radius 2 is 1.61 bits per heavy atom. The molecule has 5 heteroatoms. The third kappa shape index (κ3) is 3.29. The molecule has 0 saturated heterocycles. The van der Waals surface area contributed by atoms with Crippen molar-refractivity contribution in [1.29, 1.82) is 0 Å². The van der Waals surface area contributed by atoms with Gasteiger partial charge in [0.1, 0.15) is 5.82 Å². The second kappa shape index (κ2) is 6.71. The lowest BCUT2D eigenvalue weighted by atomic mass is 10.1. The van der Waals surface area contributed by atoms with Gasteiger partial charge < -0.3 is 0 Å². The summed E-state index contributed by atoms with van der Waals surface area (Å²) in [7, 11) is 0. The van der Waals surface area contributed by atoms with Crippen LogP contribution >= 0.6 is 0 Å². The fourth-order valence-electron chi connectivity index (χ4n) is 2.56. The normalized spacial score (nSPS) is 13.5. The Morgan fingerprint density at radius 1 is 0.913 bits per heavy atom. The van der Waals surface area contributed by atoms with Crippen LogP contribution in [0, 0.1) is 5.82 Å². The number of nitrogens with zero attached hydrogens (tertiary/aromatic N) is 1. The van der Waals surface area contributed by atoms with Crippen LogP contribution in [0.15, 0.2) is 48.5 Å². The monoisotopic (exact) mass is 313 g/mol. The second-order valence-corrected chi connectivity index (χ2v) is 5.37. The molecule has 1 aliphatic heterocycles. The fourth-order valence-corrected chi connectivity index (χ4v) is 2.56. The Bertz CT molecular complexity index is 710. The highest BCUT2D eigenvalue weighted by Gasteiger charge is 2.36. The van der Waals surface area contributed by atoms with Crippen LogP contribution in [0.3, 0.4) is 0 Å². The molecular weight excluding hydrogens is 297 g/mol. The summed E-state index contributed by atoms with van der Waals surface area (Å²) in [5.41, 5.74) is 1.67. The summed E-state index contributed by atoms with van der Waals surface area (Å²) in [4.78, 5) is 29.5. The van der Waals surface area contributed by atoms with Gasteiger partial charge in [-0.3, -0.25) is 14.4 Å². The number of unbranched alkanes of at least 4 members (excludes halogenated alkanes) is 1. The molecule has 1 heterocycles. The van der Waals surface area contributed by atoms with Crippen molar-refractivity contribution in [2.24, 2.45) is 0 Å². The molecule has 0 bridgehead atoms. The minimum Gasteiger partial charge on any atom is -0.266 e. The summed E-state index contributed by atoms with van der Waals surface area (Å²) in [6.45, 7) is 0.265. The molecule has 0 N–H and O–H groups in total. The summed E-state index contributed by atoms with van der Waals surface area (Å²) in [5, 5.41) is 0.826. The molecule has 2 aromatic rings. The molecule has 0 aromatic heterocycles. The second-order valence-electron chi connectivity index (χ2n) is 5.37. The lowest BCUT2D eigenvalue weighted by Crippen LogP contribution is -2.30. The van der Waals surface area contributed by atoms with Crippen LogP contribution in [0.4, 0.5) is 4.39 Å². The van der Waals surface area contributed by atoms with Crippen molar-refractivity contribution in [1.82, 2.24) is 5.06 Å². The topological polar surface area (TPSA) is 46.6 Å². The summed E-state index contributed by atoms with van der Waals surface area (Å²) in [6, 6.07) is 13.1. The first kappa shape index (κ1) is 15.4. The maximum atomic E-state index is 13.1. The van der Waals surface area contributed by atoms with Crippen LogP contribution in [-0.2, 0) is 11.3 Å². The van der Waals surface area contributed by atoms with Gasteiger partial charge in [-0.1, -0.05) is 24.3 Å². The molecule has 4 nitrogen and oxygen atoms in total. The van der Waals surface area contributed by atoms with E-state index in [0.717, 1.165) is 23.5 Å². The van der Waals surface area contributed by atoms with Crippen molar-refractivity contribution in [3.8, 4) is 0 Å². The van der Waals surface area contributed by atoms with Crippen molar-refractivity contribution >= 4 is 11.8 Å². The van der Waals surface area contributed by atoms with Crippen LogP contribution in [-0.4, -0.2) is 23.5 Å². The standard InChI is InChI=1S/C18H16FNO3/c19-14-8-5-7-13(12-14)6-3-4-11-23-20-17(21)15-9-1-2-10-16(15)18(20)22/h1-2,5,7-10,12H,3-4,6,11H2. The van der Waals surface area contributed by atoms with Gasteiger partial charge in [-0.05, 0) is 49.1 Å². The molecule has 0 unspecified atom stereocenters. The average molecular weight is 313 g/mol. The van der Waals surface area contributed by atoms with Crippen molar-refractivity contribution in [3.63, 3.8) is 0 Å². The van der Waals surface area contributed by atoms with Crippen LogP contribution < -0.4 is 0 Å². The van der Waals surface area contributed by atoms with Gasteiger partial charge in [0.05, 0.1) is 17.7 Å². The fraction of sp³-hybridized carbons (Fsp3) is 0.222. The molecule has 0 fully saturated rings. The van der Waals surface area contributed by atoms with E-state index in [1.807, 2.05) is 6.07 Å². The number of halogens is 1. The maximum absolute atomic E-state index is 13.1. The molecule has 2 amide bonds. The molecule has 23 heavy (non-hydrogen) atoms. The average Bonchev–Trinajstić information content (AvgIpc) is 2.80. The van der Waals surface area contributed by atoms with Gasteiger partial charge in [0.2, 0.25) is 0 Å². The van der Waals surface area contributed by atoms with E-state index in [9.17, 15) is 14.0 Å². The predicted molar refractivity (Wildman–Crippen MR) is 82.2 cm³/mol. The van der Waals surface area contributed by atoms with Crippen LogP contribution in [0.25, 0.3) is 0 Å². The van der Waals surface area contributed by atoms with Gasteiger partial charge >= 0.3 is 0 Å². The Hall–Kier alpha value is -2.53. The molecule has 2 aromatic carbocycles. The van der Waals surface area contributed by atoms with Crippen molar-refractivity contribution in [3.05, 3.63) is 71.0 Å². The third-order valence-corrected chi connectivity index (χ3v) is 3.73. The van der Waals surface area contributed by atoms with E-state index >= 15 is 0 Å². The van der Waals surface area contributed by atoms with E-state index in [1.165, 1.54) is 12.1 Å². The van der Waals surface area contributed by atoms with Gasteiger partial charge in [0, 0.05) is 0 Å². The largest absolute Gasteiger partial charge is 0.285 e. The summed E-state index contributed by atoms with van der Waals surface area (Å²) >= 11 is 0. The van der Waals surface area contributed by atoms with Gasteiger partial charge in [-0.25, -0.2) is 4.39 Å². The molecule has 0 spiro atoms. The highest BCUT2D eigenvalue weighted by atomic mass is 19.1. The minimum absolute atomic E-state index is 0.246. The van der Waals surface area contributed by atoms with Gasteiger partial charge in [-0.2, -0.15) is 0 Å². The zero-order valence-electron chi connectivity index (χ0n) is 12.5. The quantitative estimate of drug-likeness (QED) is 0.607. The lowest BCUT2D eigenvalue weighted by Gasteiger charge is -2.13. The molecule has 0 aliphatic carbocycles. The summed E-state index contributed by atoms with van der Waals surface area (Å²) in [6.07, 6.45) is 2.18. The number of hydroxylamine groups is 2. The minimum atomic E-state index is -0.421. The molecular formula is C18H16FNO3. The number of carbonyl (C=O) groups excluding carboxylic acids is 2. The van der Waals surface area contributed by atoms with E-state index in [2.05, 4.69) is 0 Å². The smallest absolute Gasteiger partial charge is 0.266 e. The first-order chi connectivity index (χ1) is 11.2. The number of carbonyl (C=O) groups is 2. The number of imide groups is 1. The lowest BCUT2D eigenvalue weighted by molar-refractivity contribution is -0.0922. The Morgan fingerprint density at radius 3 is 2.26 bits per heavy atom. The SMILES string of the molecule is O=C1c2ccccc2C(=O)N1OCCCCc1cccc(F)c1. The van der Waals surface area contributed by atoms with Crippen LogP contribution in [0.5, 0.6) is 0 Å². The Kier molecular flexibility index (Phi) is 4.48. The molecule has 0 saturated carbocycles. The predicted octanol–water partition coefficient (Wildman–Crippen LogP) is 3.38. The number of rotatable bonds is 6. The van der Waals surface area contributed by atoms with Crippen LogP contribution in [0.2, 0.25) is 0 Å². The van der Waals surface area contributed by atoms with Crippen molar-refractivity contribution in [2.45, 2.75) is 19.3 Å². The molecule has 0 radical (unpaired) electrons. The number of hydrogen-bond donors (Lipinski definition) is 0. The summed E-state index contributed by atoms with van der Waals surface area (Å²) < 4.78 is 13.1. The maximum Gasteiger partial charge on any atom is 0.285 e. The van der Waals surface area contributed by atoms with E-state index < -0.39 is 11.8 Å². The number of fused-ring (bicyclic) bond motifs is 1. The highest BCUT2D eigenvalue weighted by molar-refractivity contribution is 6.20. The number of aryl methyl sites for hydroxylation is 1. The van der Waals surface area contributed by atoms with Crippen molar-refractivity contribution < 1.29 is 18.8 Å². The van der Waals surface area contributed by atoms with E-state index in [0.29, 0.717) is 17.5 Å². The molecule has 3 rings (SSSR count). The van der Waals surface area contributed by atoms with Gasteiger partial charge in [-0.15, -0.1) is 5.06 Å². The molecule has 118 valence electrons. The zero-order chi connectivity index (χ0) is 16.2. The van der Waals surface area contributed by atoms with Gasteiger partial charge in [0.15, 0.2) is 0 Å². The number of hydrogen-bond acceptors (Lipinski definition) is 3. The molecule has 1 aliphatic rings. The highest BCUT2D eigenvalue weighted by Crippen LogP contribution is 2.22. The Labute approximate surface area is 133 Å². The first-order valence-corrected chi connectivity index (χ1v) is 7.52. The van der Waals surface area contributed by atoms with E-state index in [1.54, 1.807) is 30.3 Å². The Balaban J connectivity index is 1.47. The van der Waals surface area contributed by atoms with Crippen LogP contribution in [0.1, 0.15) is 39.1 Å². The van der Waals surface area contributed by atoms with Gasteiger partial charge in [0.25, 0.3) is 11.8 Å². The number of benzene rings is 2.